The molecule has 8 heteroatoms. The predicted octanol–water partition coefficient (Wildman–Crippen LogP) is 2.78. The summed E-state index contributed by atoms with van der Waals surface area (Å²) in [6.45, 7) is 0. The molecule has 0 saturated heterocycles. The lowest BCUT2D eigenvalue weighted by Gasteiger charge is -2.04. The molecule has 0 aliphatic rings. The predicted molar refractivity (Wildman–Crippen MR) is 72.5 cm³/mol. The molecule has 0 saturated carbocycles. The summed E-state index contributed by atoms with van der Waals surface area (Å²) in [4.78, 5) is 20.5. The van der Waals surface area contributed by atoms with Crippen LogP contribution in [0.2, 0.25) is 0 Å². The van der Waals surface area contributed by atoms with Crippen LogP contribution in [0.3, 0.4) is 0 Å². The maximum atomic E-state index is 11.3. The summed E-state index contributed by atoms with van der Waals surface area (Å²) in [7, 11) is 1.32. The van der Waals surface area contributed by atoms with E-state index in [0.717, 1.165) is 0 Å². The molecule has 6 nitrogen and oxygen atoms in total. The fourth-order valence-corrected chi connectivity index (χ4v) is 1.74. The topological polar surface area (TPSA) is 80.0 Å². The summed E-state index contributed by atoms with van der Waals surface area (Å²) in [5.41, 5.74) is 0.432. The van der Waals surface area contributed by atoms with Crippen LogP contribution in [0, 0.1) is 9.54 Å². The Balaban J connectivity index is 2.22. The molecule has 1 aromatic carbocycles. The van der Waals surface area contributed by atoms with Gasteiger partial charge in [-0.3, -0.25) is 4.98 Å². The Morgan fingerprint density at radius 2 is 1.89 bits per heavy atom. The lowest BCUT2D eigenvalue weighted by molar-refractivity contribution is 0.0600. The summed E-state index contributed by atoms with van der Waals surface area (Å²) in [6, 6.07) is 6.58. The molecule has 0 unspecified atom stereocenters. The van der Waals surface area contributed by atoms with Crippen molar-refractivity contribution >= 4 is 30.4 Å². The lowest BCUT2D eigenvalue weighted by Crippen LogP contribution is -2.00. The molecule has 98 valence electrons. The number of aromatic nitrogens is 3. The van der Waals surface area contributed by atoms with Crippen molar-refractivity contribution in [3.8, 4) is 11.8 Å². The van der Waals surface area contributed by atoms with Crippen molar-refractivity contribution < 1.29 is 14.3 Å². The zero-order chi connectivity index (χ0) is 13.8. The molecule has 0 spiro atoms. The summed E-state index contributed by atoms with van der Waals surface area (Å²) >= 11 is 9.79. The van der Waals surface area contributed by atoms with Crippen LogP contribution in [0.5, 0.6) is 11.8 Å². The van der Waals surface area contributed by atoms with E-state index in [1.807, 2.05) is 0 Å². The van der Waals surface area contributed by atoms with E-state index in [1.165, 1.54) is 7.11 Å². The highest BCUT2D eigenvalue weighted by molar-refractivity contribution is 7.71. The van der Waals surface area contributed by atoms with Crippen molar-refractivity contribution in [1.29, 1.82) is 0 Å². The molecule has 19 heavy (non-hydrogen) atoms. The van der Waals surface area contributed by atoms with E-state index in [-0.39, 0.29) is 10.8 Å². The van der Waals surface area contributed by atoms with Crippen LogP contribution >= 0.6 is 24.4 Å². The third-order valence-electron chi connectivity index (χ3n) is 2.13. The standard InChI is InChI=1S/C11H9N3O3S2/c1-16-8(15)6-2-4-7(5-3-6)17-9-12-10(18)14-11(19)13-9/h2-5H,1H3,(H2,12,13,14,18,19). The van der Waals surface area contributed by atoms with Gasteiger partial charge in [-0.15, -0.1) is 0 Å². The van der Waals surface area contributed by atoms with Crippen molar-refractivity contribution in [2.24, 2.45) is 0 Å². The minimum absolute atomic E-state index is 0.180. The third-order valence-corrected chi connectivity index (χ3v) is 2.53. The molecule has 0 atom stereocenters. The number of rotatable bonds is 3. The van der Waals surface area contributed by atoms with Gasteiger partial charge >= 0.3 is 12.0 Å². The quantitative estimate of drug-likeness (QED) is 0.669. The number of ether oxygens (including phenoxy) is 2. The molecule has 0 fully saturated rings. The van der Waals surface area contributed by atoms with Gasteiger partial charge < -0.3 is 14.5 Å². The Kier molecular flexibility index (Phi) is 4.03. The fourth-order valence-electron chi connectivity index (χ4n) is 1.31. The van der Waals surface area contributed by atoms with E-state index in [9.17, 15) is 4.79 Å². The Labute approximate surface area is 118 Å². The van der Waals surface area contributed by atoms with Crippen molar-refractivity contribution in [1.82, 2.24) is 15.0 Å². The van der Waals surface area contributed by atoms with Gasteiger partial charge in [0.05, 0.1) is 12.7 Å². The Morgan fingerprint density at radius 3 is 2.47 bits per heavy atom. The number of esters is 1. The Bertz CT molecular complexity index is 678. The zero-order valence-corrected chi connectivity index (χ0v) is 11.4. The minimum Gasteiger partial charge on any atom is -0.465 e. The SMILES string of the molecule is COC(=O)c1ccc(Oc2nc(=S)[nH]c(=S)[nH]2)cc1. The van der Waals surface area contributed by atoms with Gasteiger partial charge in [-0.1, -0.05) is 0 Å². The van der Waals surface area contributed by atoms with Crippen LogP contribution < -0.4 is 4.74 Å². The van der Waals surface area contributed by atoms with E-state index < -0.39 is 5.97 Å². The number of methoxy groups -OCH3 is 1. The van der Waals surface area contributed by atoms with Gasteiger partial charge in [0, 0.05) is 0 Å². The number of benzene rings is 1. The van der Waals surface area contributed by atoms with E-state index in [4.69, 9.17) is 29.2 Å². The van der Waals surface area contributed by atoms with Crippen molar-refractivity contribution in [2.45, 2.75) is 0 Å². The second-order valence-corrected chi connectivity index (χ2v) is 4.21. The molecule has 1 aromatic heterocycles. The minimum atomic E-state index is -0.411. The maximum absolute atomic E-state index is 11.3. The molecular weight excluding hydrogens is 286 g/mol. The van der Waals surface area contributed by atoms with Gasteiger partial charge in [-0.25, -0.2) is 4.79 Å². The maximum Gasteiger partial charge on any atom is 0.337 e. The van der Waals surface area contributed by atoms with Crippen LogP contribution in [0.25, 0.3) is 0 Å². The van der Waals surface area contributed by atoms with Gasteiger partial charge in [-0.05, 0) is 48.7 Å². The first kappa shape index (κ1) is 13.4. The second-order valence-electron chi connectivity index (χ2n) is 3.42. The normalized spacial score (nSPS) is 9.95. The number of carbonyl (C=O) groups excluding carboxylic acids is 1. The van der Waals surface area contributed by atoms with Crippen molar-refractivity contribution in [3.63, 3.8) is 0 Å². The molecule has 2 aromatic rings. The van der Waals surface area contributed by atoms with Gasteiger partial charge in [0.25, 0.3) is 0 Å². The number of nitrogens with one attached hydrogen (secondary N) is 2. The highest BCUT2D eigenvalue weighted by atomic mass is 32.1. The molecule has 2 rings (SSSR count). The van der Waals surface area contributed by atoms with Crippen molar-refractivity contribution in [3.05, 3.63) is 39.4 Å². The number of hydrogen-bond acceptors (Lipinski definition) is 6. The summed E-state index contributed by atoms with van der Waals surface area (Å²) < 4.78 is 10.6. The number of nitrogens with zero attached hydrogens (tertiary/aromatic N) is 1. The van der Waals surface area contributed by atoms with Crippen LogP contribution in [0.15, 0.2) is 24.3 Å². The van der Waals surface area contributed by atoms with Crippen LogP contribution in [-0.2, 0) is 4.74 Å². The molecular formula is C11H9N3O3S2. The van der Waals surface area contributed by atoms with Gasteiger partial charge in [0.1, 0.15) is 5.75 Å². The summed E-state index contributed by atoms with van der Waals surface area (Å²) in [6.07, 6.45) is 0. The van der Waals surface area contributed by atoms with Crippen LogP contribution in [-0.4, -0.2) is 28.0 Å². The van der Waals surface area contributed by atoms with Crippen LogP contribution in [0.1, 0.15) is 10.4 Å². The highest BCUT2D eigenvalue weighted by Gasteiger charge is 2.05. The first-order valence-electron chi connectivity index (χ1n) is 5.15. The first-order valence-corrected chi connectivity index (χ1v) is 5.97. The average molecular weight is 295 g/mol. The second kappa shape index (κ2) is 5.72. The summed E-state index contributed by atoms with van der Waals surface area (Å²) in [5.74, 6) is 0.0811. The third kappa shape index (κ3) is 3.46. The van der Waals surface area contributed by atoms with E-state index in [1.54, 1.807) is 24.3 Å². The van der Waals surface area contributed by atoms with Crippen molar-refractivity contribution in [2.75, 3.05) is 7.11 Å². The average Bonchev–Trinajstić information content (AvgIpc) is 2.37. The largest absolute Gasteiger partial charge is 0.465 e. The molecule has 0 bridgehead atoms. The number of hydrogen-bond donors (Lipinski definition) is 2. The molecule has 0 radical (unpaired) electrons. The lowest BCUT2D eigenvalue weighted by atomic mass is 10.2. The van der Waals surface area contributed by atoms with E-state index in [2.05, 4.69) is 19.7 Å². The highest BCUT2D eigenvalue weighted by Crippen LogP contribution is 2.18. The van der Waals surface area contributed by atoms with Gasteiger partial charge in [0.2, 0.25) is 4.77 Å². The molecule has 2 N–H and O–H groups in total. The van der Waals surface area contributed by atoms with E-state index in [0.29, 0.717) is 16.1 Å². The fraction of sp³-hybridized carbons (Fsp3) is 0.0909. The van der Waals surface area contributed by atoms with Gasteiger partial charge in [-0.2, -0.15) is 4.98 Å². The number of H-pyrrole nitrogens is 2. The Morgan fingerprint density at radius 1 is 1.21 bits per heavy atom. The van der Waals surface area contributed by atoms with Crippen LogP contribution in [0.4, 0.5) is 0 Å². The Hall–Kier alpha value is -2.06. The zero-order valence-electron chi connectivity index (χ0n) is 9.80. The molecule has 0 aliphatic heterocycles. The number of aromatic amines is 2. The van der Waals surface area contributed by atoms with Gasteiger partial charge in [0.15, 0.2) is 4.77 Å². The number of carbonyl (C=O) groups is 1. The first-order chi connectivity index (χ1) is 9.08. The molecule has 0 amide bonds. The van der Waals surface area contributed by atoms with E-state index >= 15 is 0 Å². The molecule has 1 heterocycles. The smallest absolute Gasteiger partial charge is 0.337 e. The molecule has 0 aliphatic carbocycles. The summed E-state index contributed by atoms with van der Waals surface area (Å²) in [5, 5.41) is 0. The monoisotopic (exact) mass is 295 g/mol.